The molecule has 18 heavy (non-hydrogen) atoms. The Morgan fingerprint density at radius 2 is 1.83 bits per heavy atom. The molecule has 0 atom stereocenters. The zero-order chi connectivity index (χ0) is 12.3. The molecule has 2 aromatic rings. The quantitative estimate of drug-likeness (QED) is 0.867. The first-order valence-electron chi connectivity index (χ1n) is 5.16. The minimum absolute atomic E-state index is 0. The van der Waals surface area contributed by atoms with Crippen LogP contribution in [-0.2, 0) is 0 Å². The lowest BCUT2D eigenvalue weighted by Gasteiger charge is -2.05. The molecule has 0 saturated heterocycles. The molecular formula is C13H12Br2N2O. The first-order chi connectivity index (χ1) is 8.15. The van der Waals surface area contributed by atoms with E-state index in [0.717, 1.165) is 10.2 Å². The fourth-order valence-corrected chi connectivity index (χ4v) is 1.67. The monoisotopic (exact) mass is 370 g/mol. The van der Waals surface area contributed by atoms with Crippen molar-refractivity contribution in [2.24, 2.45) is 0 Å². The van der Waals surface area contributed by atoms with Gasteiger partial charge in [-0.15, -0.1) is 17.0 Å². The summed E-state index contributed by atoms with van der Waals surface area (Å²) in [7, 11) is 0. The SMILES string of the molecule is Br.Cc1cccc(NC(=O)c2ccc(Br)cc2)n1. The summed E-state index contributed by atoms with van der Waals surface area (Å²) in [5, 5.41) is 2.75. The molecule has 0 unspecified atom stereocenters. The molecular weight excluding hydrogens is 360 g/mol. The molecule has 0 bridgehead atoms. The number of amides is 1. The van der Waals surface area contributed by atoms with Crippen molar-refractivity contribution in [1.29, 1.82) is 0 Å². The lowest BCUT2D eigenvalue weighted by molar-refractivity contribution is 0.102. The zero-order valence-electron chi connectivity index (χ0n) is 9.68. The van der Waals surface area contributed by atoms with Crippen molar-refractivity contribution < 1.29 is 4.79 Å². The second-order valence-corrected chi connectivity index (χ2v) is 4.54. The van der Waals surface area contributed by atoms with Crippen LogP contribution in [0.2, 0.25) is 0 Å². The predicted octanol–water partition coefficient (Wildman–Crippen LogP) is 3.98. The summed E-state index contributed by atoms with van der Waals surface area (Å²) in [5.74, 6) is 0.411. The minimum Gasteiger partial charge on any atom is -0.307 e. The fourth-order valence-electron chi connectivity index (χ4n) is 1.40. The Kier molecular flexibility index (Phi) is 5.50. The highest BCUT2D eigenvalue weighted by Gasteiger charge is 2.06. The lowest BCUT2D eigenvalue weighted by Crippen LogP contribution is -2.12. The highest BCUT2D eigenvalue weighted by molar-refractivity contribution is 9.10. The number of nitrogens with zero attached hydrogens (tertiary/aromatic N) is 1. The Labute approximate surface area is 125 Å². The van der Waals surface area contributed by atoms with E-state index in [9.17, 15) is 4.79 Å². The summed E-state index contributed by atoms with van der Waals surface area (Å²) in [6, 6.07) is 12.7. The van der Waals surface area contributed by atoms with Gasteiger partial charge >= 0.3 is 0 Å². The minimum atomic E-state index is -0.157. The molecule has 94 valence electrons. The standard InChI is InChI=1S/C13H11BrN2O.BrH/c1-9-3-2-4-12(15-9)16-13(17)10-5-7-11(14)8-6-10;/h2-8H,1H3,(H,15,16,17);1H. The van der Waals surface area contributed by atoms with E-state index in [1.54, 1.807) is 18.2 Å². The highest BCUT2D eigenvalue weighted by atomic mass is 79.9. The highest BCUT2D eigenvalue weighted by Crippen LogP contribution is 2.12. The van der Waals surface area contributed by atoms with Crippen molar-refractivity contribution in [3.05, 3.63) is 58.2 Å². The number of carbonyl (C=O) groups is 1. The summed E-state index contributed by atoms with van der Waals surface area (Å²) < 4.78 is 0.947. The number of halogens is 2. The average Bonchev–Trinajstić information content (AvgIpc) is 2.29. The van der Waals surface area contributed by atoms with Gasteiger partial charge in [-0.25, -0.2) is 4.98 Å². The van der Waals surface area contributed by atoms with E-state index in [0.29, 0.717) is 11.4 Å². The van der Waals surface area contributed by atoms with Crippen LogP contribution in [0, 0.1) is 6.92 Å². The van der Waals surface area contributed by atoms with Crippen LogP contribution in [-0.4, -0.2) is 10.9 Å². The van der Waals surface area contributed by atoms with Crippen molar-refractivity contribution in [3.8, 4) is 0 Å². The van der Waals surface area contributed by atoms with Gasteiger partial charge in [-0.3, -0.25) is 4.79 Å². The Hall–Kier alpha value is -1.20. The van der Waals surface area contributed by atoms with Gasteiger partial charge in [0.25, 0.3) is 5.91 Å². The number of rotatable bonds is 2. The fraction of sp³-hybridized carbons (Fsp3) is 0.0769. The number of anilines is 1. The normalized spacial score (nSPS) is 9.44. The van der Waals surface area contributed by atoms with Gasteiger partial charge in [0.2, 0.25) is 0 Å². The number of hydrogen-bond donors (Lipinski definition) is 1. The van der Waals surface area contributed by atoms with Crippen molar-refractivity contribution in [2.45, 2.75) is 6.92 Å². The summed E-state index contributed by atoms with van der Waals surface area (Å²) in [4.78, 5) is 16.1. The average molecular weight is 372 g/mol. The van der Waals surface area contributed by atoms with Crippen LogP contribution in [0.3, 0.4) is 0 Å². The predicted molar refractivity (Wildman–Crippen MR) is 81.4 cm³/mol. The number of carbonyl (C=O) groups excluding carboxylic acids is 1. The van der Waals surface area contributed by atoms with Crippen LogP contribution in [0.4, 0.5) is 5.82 Å². The third-order valence-electron chi connectivity index (χ3n) is 2.24. The molecule has 2 rings (SSSR count). The van der Waals surface area contributed by atoms with Gasteiger partial charge in [0.05, 0.1) is 0 Å². The molecule has 0 saturated carbocycles. The van der Waals surface area contributed by atoms with Crippen LogP contribution in [0.5, 0.6) is 0 Å². The molecule has 1 N–H and O–H groups in total. The van der Waals surface area contributed by atoms with Crippen molar-refractivity contribution in [2.75, 3.05) is 5.32 Å². The largest absolute Gasteiger partial charge is 0.307 e. The van der Waals surface area contributed by atoms with E-state index >= 15 is 0 Å². The van der Waals surface area contributed by atoms with Crippen LogP contribution < -0.4 is 5.32 Å². The summed E-state index contributed by atoms with van der Waals surface area (Å²) in [6.07, 6.45) is 0. The Bertz CT molecular complexity index is 541. The number of pyridine rings is 1. The van der Waals surface area contributed by atoms with E-state index in [1.165, 1.54) is 0 Å². The second-order valence-electron chi connectivity index (χ2n) is 3.63. The van der Waals surface area contributed by atoms with Crippen molar-refractivity contribution >= 4 is 44.6 Å². The third-order valence-corrected chi connectivity index (χ3v) is 2.77. The molecule has 0 aliphatic rings. The maximum Gasteiger partial charge on any atom is 0.256 e. The van der Waals surface area contributed by atoms with E-state index in [2.05, 4.69) is 26.2 Å². The number of benzene rings is 1. The lowest BCUT2D eigenvalue weighted by atomic mass is 10.2. The molecule has 1 heterocycles. The molecule has 3 nitrogen and oxygen atoms in total. The van der Waals surface area contributed by atoms with Gasteiger partial charge in [0.15, 0.2) is 0 Å². The van der Waals surface area contributed by atoms with E-state index in [-0.39, 0.29) is 22.9 Å². The van der Waals surface area contributed by atoms with Crippen LogP contribution >= 0.6 is 32.9 Å². The maximum atomic E-state index is 11.9. The number of aryl methyl sites for hydroxylation is 1. The molecule has 0 fully saturated rings. The van der Waals surface area contributed by atoms with E-state index in [4.69, 9.17) is 0 Å². The zero-order valence-corrected chi connectivity index (χ0v) is 13.0. The number of nitrogens with one attached hydrogen (secondary N) is 1. The van der Waals surface area contributed by atoms with Crippen LogP contribution in [0.1, 0.15) is 16.1 Å². The smallest absolute Gasteiger partial charge is 0.256 e. The Morgan fingerprint density at radius 3 is 2.44 bits per heavy atom. The first kappa shape index (κ1) is 14.9. The van der Waals surface area contributed by atoms with Crippen molar-refractivity contribution in [1.82, 2.24) is 4.98 Å². The Morgan fingerprint density at radius 1 is 1.17 bits per heavy atom. The molecule has 1 aromatic carbocycles. The van der Waals surface area contributed by atoms with Gasteiger partial charge in [-0.2, -0.15) is 0 Å². The van der Waals surface area contributed by atoms with Gasteiger partial charge in [-0.05, 0) is 43.3 Å². The van der Waals surface area contributed by atoms with Crippen LogP contribution in [0.25, 0.3) is 0 Å². The first-order valence-corrected chi connectivity index (χ1v) is 5.95. The summed E-state index contributed by atoms with van der Waals surface area (Å²) >= 11 is 3.33. The summed E-state index contributed by atoms with van der Waals surface area (Å²) in [6.45, 7) is 1.88. The Balaban J connectivity index is 0.00000162. The van der Waals surface area contributed by atoms with E-state index < -0.39 is 0 Å². The topological polar surface area (TPSA) is 42.0 Å². The molecule has 0 radical (unpaired) electrons. The van der Waals surface area contributed by atoms with Crippen LogP contribution in [0.15, 0.2) is 46.9 Å². The molecule has 1 amide bonds. The molecule has 0 aliphatic heterocycles. The summed E-state index contributed by atoms with van der Waals surface area (Å²) in [5.41, 5.74) is 1.48. The molecule has 0 aliphatic carbocycles. The van der Waals surface area contributed by atoms with Gasteiger partial charge in [-0.1, -0.05) is 22.0 Å². The van der Waals surface area contributed by atoms with Gasteiger partial charge in [0.1, 0.15) is 5.82 Å². The number of hydrogen-bond acceptors (Lipinski definition) is 2. The van der Waals surface area contributed by atoms with Gasteiger partial charge < -0.3 is 5.32 Å². The van der Waals surface area contributed by atoms with E-state index in [1.807, 2.05) is 31.2 Å². The second kappa shape index (κ2) is 6.66. The van der Waals surface area contributed by atoms with Crippen molar-refractivity contribution in [3.63, 3.8) is 0 Å². The number of aromatic nitrogens is 1. The van der Waals surface area contributed by atoms with Gasteiger partial charge in [0, 0.05) is 15.7 Å². The molecule has 0 spiro atoms. The third kappa shape index (κ3) is 3.92. The molecule has 1 aromatic heterocycles. The molecule has 5 heteroatoms. The maximum absolute atomic E-state index is 11.9.